The lowest BCUT2D eigenvalue weighted by atomic mass is 9.50. The van der Waals surface area contributed by atoms with Crippen LogP contribution in [0.4, 0.5) is 0 Å². The minimum Gasteiger partial charge on any atom is -0.396 e. The van der Waals surface area contributed by atoms with Crippen LogP contribution in [0.3, 0.4) is 0 Å². The van der Waals surface area contributed by atoms with E-state index in [0.29, 0.717) is 11.8 Å². The van der Waals surface area contributed by atoms with Crippen molar-refractivity contribution in [3.63, 3.8) is 0 Å². The van der Waals surface area contributed by atoms with Gasteiger partial charge >= 0.3 is 0 Å². The van der Waals surface area contributed by atoms with Crippen molar-refractivity contribution in [3.05, 3.63) is 4.91 Å². The molecule has 0 fully saturated rings. The number of nitrogens with zero attached hydrogens (tertiary/aromatic N) is 1. The maximum absolute atomic E-state index is 11.9. The second-order valence-corrected chi connectivity index (χ2v) is 12.0. The minimum atomic E-state index is -0.159. The minimum absolute atomic E-state index is 0.0433. The Morgan fingerprint density at radius 1 is 0.862 bits per heavy atom. The Bertz CT molecular complexity index is 485. The molecule has 0 radical (unpaired) electrons. The highest BCUT2D eigenvalue weighted by molar-refractivity contribution is 5.01. The molecule has 0 aromatic carbocycles. The number of hydrogen-bond donors (Lipinski definition) is 1. The van der Waals surface area contributed by atoms with Crippen LogP contribution in [0.2, 0.25) is 0 Å². The van der Waals surface area contributed by atoms with Gasteiger partial charge in [0.1, 0.15) is 0 Å². The zero-order chi connectivity index (χ0) is 23.1. The second kappa shape index (κ2) is 11.3. The van der Waals surface area contributed by atoms with Crippen molar-refractivity contribution in [2.24, 2.45) is 38.7 Å². The van der Waals surface area contributed by atoms with Crippen LogP contribution < -0.4 is 0 Å². The van der Waals surface area contributed by atoms with E-state index in [1.807, 2.05) is 0 Å². The van der Waals surface area contributed by atoms with Gasteiger partial charge in [-0.15, -0.1) is 0 Å². The van der Waals surface area contributed by atoms with E-state index in [2.05, 4.69) is 81.3 Å². The summed E-state index contributed by atoms with van der Waals surface area (Å²) in [6.45, 7) is 25.5. The topological polar surface area (TPSA) is 49.7 Å². The van der Waals surface area contributed by atoms with Crippen LogP contribution in [0.1, 0.15) is 121 Å². The average molecular weight is 412 g/mol. The van der Waals surface area contributed by atoms with Gasteiger partial charge in [0, 0.05) is 6.61 Å². The van der Waals surface area contributed by atoms with Gasteiger partial charge in [-0.05, 0) is 72.0 Å². The van der Waals surface area contributed by atoms with Crippen molar-refractivity contribution < 1.29 is 5.11 Å². The molecular formula is C26H53NO2. The van der Waals surface area contributed by atoms with E-state index in [1.165, 1.54) is 6.42 Å². The van der Waals surface area contributed by atoms with Crippen LogP contribution in [0.5, 0.6) is 0 Å². The van der Waals surface area contributed by atoms with E-state index < -0.39 is 0 Å². The first-order chi connectivity index (χ1) is 13.2. The van der Waals surface area contributed by atoms with Crippen molar-refractivity contribution in [3.8, 4) is 0 Å². The van der Waals surface area contributed by atoms with Gasteiger partial charge < -0.3 is 5.11 Å². The van der Waals surface area contributed by atoms with E-state index >= 15 is 0 Å². The van der Waals surface area contributed by atoms with Gasteiger partial charge in [-0.1, -0.05) is 87.8 Å². The van der Waals surface area contributed by atoms with Gasteiger partial charge in [-0.3, -0.25) is 0 Å². The van der Waals surface area contributed by atoms with E-state index in [-0.39, 0.29) is 34.3 Å². The Hall–Kier alpha value is -0.440. The third-order valence-corrected chi connectivity index (χ3v) is 8.72. The molecule has 0 aromatic heterocycles. The highest BCUT2D eigenvalue weighted by Crippen LogP contribution is 2.57. The van der Waals surface area contributed by atoms with Crippen molar-refractivity contribution >= 4 is 0 Å². The summed E-state index contributed by atoms with van der Waals surface area (Å²) in [6, 6.07) is -0.159. The predicted octanol–water partition coefficient (Wildman–Crippen LogP) is 8.24. The Morgan fingerprint density at radius 3 is 1.76 bits per heavy atom. The fourth-order valence-electron chi connectivity index (χ4n) is 5.32. The SMILES string of the molecule is CCC(C)(C)C(CC(C)(CC)C(C)(CC)C(CC(C)C)CC(C)(C)CCO)N=O. The molecule has 0 saturated carbocycles. The van der Waals surface area contributed by atoms with E-state index in [9.17, 15) is 10.0 Å². The highest BCUT2D eigenvalue weighted by Gasteiger charge is 2.50. The molecule has 0 aliphatic carbocycles. The standard InChI is InChI=1S/C26H53NO2/c1-12-24(8,9)22(27-29)19-25(10,13-2)26(11,14-3)21(17-20(4)5)18-23(6,7)15-16-28/h20-22,28H,12-19H2,1-11H3. The third-order valence-electron chi connectivity index (χ3n) is 8.72. The van der Waals surface area contributed by atoms with Crippen molar-refractivity contribution in [2.45, 2.75) is 127 Å². The molecule has 1 N–H and O–H groups in total. The zero-order valence-corrected chi connectivity index (χ0v) is 21.7. The van der Waals surface area contributed by atoms with Crippen LogP contribution >= 0.6 is 0 Å². The van der Waals surface area contributed by atoms with E-state index in [4.69, 9.17) is 0 Å². The predicted molar refractivity (Wildman–Crippen MR) is 128 cm³/mol. The molecule has 0 bridgehead atoms. The first-order valence-corrected chi connectivity index (χ1v) is 12.1. The summed E-state index contributed by atoms with van der Waals surface area (Å²) >= 11 is 0. The summed E-state index contributed by atoms with van der Waals surface area (Å²) in [6.07, 6.45) is 7.11. The lowest BCUT2D eigenvalue weighted by molar-refractivity contribution is -0.0478. The molecule has 29 heavy (non-hydrogen) atoms. The smallest absolute Gasteiger partial charge is 0.0975 e. The summed E-state index contributed by atoms with van der Waals surface area (Å²) < 4.78 is 0. The Morgan fingerprint density at radius 2 is 1.41 bits per heavy atom. The van der Waals surface area contributed by atoms with Crippen molar-refractivity contribution in [1.29, 1.82) is 0 Å². The number of aliphatic hydroxyl groups is 1. The number of rotatable bonds is 15. The van der Waals surface area contributed by atoms with Gasteiger partial charge in [0.25, 0.3) is 0 Å². The molecule has 0 aliphatic heterocycles. The summed E-state index contributed by atoms with van der Waals surface area (Å²) in [5.41, 5.74) is 0.202. The van der Waals surface area contributed by atoms with Gasteiger partial charge in [0.05, 0.1) is 6.04 Å². The van der Waals surface area contributed by atoms with Gasteiger partial charge in [0.2, 0.25) is 0 Å². The third kappa shape index (κ3) is 7.33. The molecule has 4 unspecified atom stereocenters. The van der Waals surface area contributed by atoms with Crippen LogP contribution in [0, 0.1) is 38.4 Å². The normalized spacial score (nSPS) is 19.5. The fraction of sp³-hybridized carbons (Fsp3) is 1.00. The Balaban J connectivity index is 6.18. The van der Waals surface area contributed by atoms with Gasteiger partial charge in [-0.25, -0.2) is 0 Å². The summed E-state index contributed by atoms with van der Waals surface area (Å²) in [7, 11) is 0. The van der Waals surface area contributed by atoms with Gasteiger partial charge in [0.15, 0.2) is 0 Å². The van der Waals surface area contributed by atoms with Crippen LogP contribution in [-0.4, -0.2) is 17.8 Å². The quantitative estimate of drug-likeness (QED) is 0.276. The lowest BCUT2D eigenvalue weighted by Crippen LogP contribution is -2.47. The molecule has 3 heteroatoms. The van der Waals surface area contributed by atoms with Crippen molar-refractivity contribution in [2.75, 3.05) is 6.61 Å². The molecule has 0 rings (SSSR count). The maximum Gasteiger partial charge on any atom is 0.0975 e. The highest BCUT2D eigenvalue weighted by atomic mass is 16.3. The van der Waals surface area contributed by atoms with Crippen LogP contribution in [0.15, 0.2) is 5.18 Å². The molecule has 0 spiro atoms. The lowest BCUT2D eigenvalue weighted by Gasteiger charge is -2.54. The average Bonchev–Trinajstić information content (AvgIpc) is 2.63. The molecule has 0 amide bonds. The van der Waals surface area contributed by atoms with Crippen molar-refractivity contribution in [1.82, 2.24) is 0 Å². The number of aliphatic hydroxyl groups excluding tert-OH is 1. The number of nitroso groups, excluding NO2 is 1. The molecule has 174 valence electrons. The summed E-state index contributed by atoms with van der Waals surface area (Å²) in [4.78, 5) is 11.9. The Kier molecular flexibility index (Phi) is 11.1. The first kappa shape index (κ1) is 28.6. The molecule has 4 atom stereocenters. The Labute approximate surface area is 182 Å². The monoisotopic (exact) mass is 411 g/mol. The molecule has 0 heterocycles. The van der Waals surface area contributed by atoms with E-state index in [1.54, 1.807) is 0 Å². The molecule has 3 nitrogen and oxygen atoms in total. The van der Waals surface area contributed by atoms with Gasteiger partial charge in [-0.2, -0.15) is 4.91 Å². The molecule has 0 saturated heterocycles. The molecular weight excluding hydrogens is 358 g/mol. The molecule has 0 aromatic rings. The van der Waals surface area contributed by atoms with E-state index in [0.717, 1.165) is 38.5 Å². The largest absolute Gasteiger partial charge is 0.396 e. The summed E-state index contributed by atoms with van der Waals surface area (Å²) in [5.74, 6) is 1.18. The summed E-state index contributed by atoms with van der Waals surface area (Å²) in [5, 5.41) is 13.2. The number of hydrogen-bond acceptors (Lipinski definition) is 3. The maximum atomic E-state index is 11.9. The van der Waals surface area contributed by atoms with Crippen LogP contribution in [0.25, 0.3) is 0 Å². The molecule has 0 aliphatic rings. The second-order valence-electron chi connectivity index (χ2n) is 12.0. The zero-order valence-electron chi connectivity index (χ0n) is 21.7. The fourth-order valence-corrected chi connectivity index (χ4v) is 5.32. The van der Waals surface area contributed by atoms with Crippen LogP contribution in [-0.2, 0) is 0 Å². The first-order valence-electron chi connectivity index (χ1n) is 12.1.